The third kappa shape index (κ3) is 3.40. The van der Waals surface area contributed by atoms with Crippen LogP contribution in [-0.2, 0) is 12.8 Å². The number of aryl methyl sites for hydroxylation is 2. The molecule has 1 heterocycles. The zero-order valence-corrected chi connectivity index (χ0v) is 9.98. The quantitative estimate of drug-likeness (QED) is 0.391. The molecule has 0 aliphatic rings. The predicted molar refractivity (Wildman–Crippen MR) is 68.9 cm³/mol. The Balaban J connectivity index is 1.96. The van der Waals surface area contributed by atoms with Crippen LogP contribution in [0.3, 0.4) is 0 Å². The van der Waals surface area contributed by atoms with Gasteiger partial charge in [0.05, 0.1) is 0 Å². The minimum Gasteiger partial charge on any atom is -0.423 e. The van der Waals surface area contributed by atoms with Crippen LogP contribution in [0.5, 0.6) is 0 Å². The van der Waals surface area contributed by atoms with Crippen LogP contribution in [0.15, 0.2) is 30.5 Å². The first-order valence-electron chi connectivity index (χ1n) is 5.69. The third-order valence-corrected chi connectivity index (χ3v) is 2.75. The van der Waals surface area contributed by atoms with Gasteiger partial charge in [-0.25, -0.2) is 4.98 Å². The number of nitrogens with one attached hydrogen (secondary N) is 1. The fourth-order valence-electron chi connectivity index (χ4n) is 1.70. The number of hydrogen-bond acceptors (Lipinski definition) is 5. The highest BCUT2D eigenvalue weighted by molar-refractivity contribution is 6.58. The van der Waals surface area contributed by atoms with Crippen LogP contribution in [0, 0.1) is 10.1 Å². The van der Waals surface area contributed by atoms with Crippen molar-refractivity contribution in [2.75, 3.05) is 0 Å². The summed E-state index contributed by atoms with van der Waals surface area (Å²) in [4.78, 5) is 16.2. The number of benzene rings is 1. The van der Waals surface area contributed by atoms with Crippen molar-refractivity contribution in [1.29, 1.82) is 0 Å². The molecule has 0 saturated heterocycles. The maximum Gasteiger partial charge on any atom is 0.488 e. The van der Waals surface area contributed by atoms with Crippen LogP contribution in [0.4, 0.5) is 5.95 Å². The molecule has 1 aromatic heterocycles. The van der Waals surface area contributed by atoms with Gasteiger partial charge in [-0.15, -0.1) is 0 Å². The summed E-state index contributed by atoms with van der Waals surface area (Å²) >= 11 is 0. The second kappa shape index (κ2) is 5.64. The van der Waals surface area contributed by atoms with Crippen LogP contribution in [-0.4, -0.2) is 32.1 Å². The summed E-state index contributed by atoms with van der Waals surface area (Å²) in [7, 11) is -1.47. The van der Waals surface area contributed by atoms with E-state index < -0.39 is 12.0 Å². The molecule has 0 aliphatic heterocycles. The molecule has 1 aromatic carbocycles. The average Bonchev–Trinajstić information content (AvgIpc) is 2.86. The Kier molecular flexibility index (Phi) is 3.93. The summed E-state index contributed by atoms with van der Waals surface area (Å²) < 4.78 is 0. The lowest BCUT2D eigenvalue weighted by Crippen LogP contribution is -2.29. The van der Waals surface area contributed by atoms with E-state index in [1.54, 1.807) is 24.3 Å². The maximum atomic E-state index is 10.5. The van der Waals surface area contributed by atoms with E-state index in [1.165, 1.54) is 6.20 Å². The normalized spacial score (nSPS) is 10.4. The molecule has 0 amide bonds. The highest BCUT2D eigenvalue weighted by Crippen LogP contribution is 2.08. The minimum absolute atomic E-state index is 0.256. The van der Waals surface area contributed by atoms with Gasteiger partial charge in [0.2, 0.25) is 0 Å². The highest BCUT2D eigenvalue weighted by Gasteiger charge is 2.12. The number of hydrogen-bond donors (Lipinski definition) is 3. The molecule has 2 aromatic rings. The molecule has 2 rings (SSSR count). The van der Waals surface area contributed by atoms with Crippen molar-refractivity contribution >= 4 is 18.5 Å². The Morgan fingerprint density at radius 3 is 2.47 bits per heavy atom. The zero-order chi connectivity index (χ0) is 13.8. The Hall–Kier alpha value is -2.19. The third-order valence-electron chi connectivity index (χ3n) is 2.75. The second-order valence-electron chi connectivity index (χ2n) is 4.10. The van der Waals surface area contributed by atoms with E-state index in [0.29, 0.717) is 24.0 Å². The van der Waals surface area contributed by atoms with Crippen molar-refractivity contribution in [3.8, 4) is 0 Å². The number of rotatable bonds is 5. The van der Waals surface area contributed by atoms with Crippen molar-refractivity contribution in [1.82, 2.24) is 9.97 Å². The van der Waals surface area contributed by atoms with Crippen molar-refractivity contribution in [2.24, 2.45) is 0 Å². The van der Waals surface area contributed by atoms with Gasteiger partial charge in [0.1, 0.15) is 11.9 Å². The fraction of sp³-hybridized carbons (Fsp3) is 0.182. The number of nitrogens with zero attached hydrogens (tertiary/aromatic N) is 2. The summed E-state index contributed by atoms with van der Waals surface area (Å²) in [6.45, 7) is 0. The predicted octanol–water partition coefficient (Wildman–Crippen LogP) is -0.217. The SMILES string of the molecule is O=[N+]([O-])c1ncc(CCc2ccc(B(O)O)cc2)[nH]1. The molecule has 0 radical (unpaired) electrons. The Labute approximate surface area is 109 Å². The molecule has 0 spiro atoms. The average molecular weight is 261 g/mol. The van der Waals surface area contributed by atoms with Gasteiger partial charge in [-0.2, -0.15) is 0 Å². The lowest BCUT2D eigenvalue weighted by atomic mass is 9.80. The van der Waals surface area contributed by atoms with E-state index in [9.17, 15) is 10.1 Å². The Morgan fingerprint density at radius 1 is 1.26 bits per heavy atom. The van der Waals surface area contributed by atoms with Gasteiger partial charge in [-0.1, -0.05) is 29.2 Å². The van der Waals surface area contributed by atoms with E-state index in [2.05, 4.69) is 9.97 Å². The van der Waals surface area contributed by atoms with Crippen LogP contribution in [0.1, 0.15) is 11.3 Å². The van der Waals surface area contributed by atoms with E-state index in [1.807, 2.05) is 0 Å². The van der Waals surface area contributed by atoms with Crippen molar-refractivity contribution in [2.45, 2.75) is 12.8 Å². The van der Waals surface area contributed by atoms with Crippen LogP contribution in [0.2, 0.25) is 0 Å². The van der Waals surface area contributed by atoms with Gasteiger partial charge in [-0.05, 0) is 22.4 Å². The molecule has 0 atom stereocenters. The molecule has 0 saturated carbocycles. The van der Waals surface area contributed by atoms with Crippen molar-refractivity contribution in [3.63, 3.8) is 0 Å². The Morgan fingerprint density at radius 2 is 1.95 bits per heavy atom. The number of nitro groups is 1. The number of H-pyrrole nitrogens is 1. The molecule has 7 nitrogen and oxygen atoms in total. The topological polar surface area (TPSA) is 112 Å². The molecule has 3 N–H and O–H groups in total. The van der Waals surface area contributed by atoms with E-state index >= 15 is 0 Å². The first kappa shape index (κ1) is 13.3. The summed E-state index contributed by atoms with van der Waals surface area (Å²) in [5.74, 6) is -0.256. The summed E-state index contributed by atoms with van der Waals surface area (Å²) in [6.07, 6.45) is 2.73. The molecule has 0 fully saturated rings. The van der Waals surface area contributed by atoms with Gasteiger partial charge in [-0.3, -0.25) is 0 Å². The van der Waals surface area contributed by atoms with E-state index in [0.717, 1.165) is 5.56 Å². The van der Waals surface area contributed by atoms with Crippen LogP contribution < -0.4 is 5.46 Å². The van der Waals surface area contributed by atoms with Crippen LogP contribution in [0.25, 0.3) is 0 Å². The Bertz CT molecular complexity index is 568. The van der Waals surface area contributed by atoms with Crippen molar-refractivity contribution in [3.05, 3.63) is 51.8 Å². The van der Waals surface area contributed by atoms with Gasteiger partial charge < -0.3 is 20.2 Å². The minimum atomic E-state index is -1.47. The number of aromatic nitrogens is 2. The van der Waals surface area contributed by atoms with Gasteiger partial charge in [0, 0.05) is 6.42 Å². The molecule has 0 unspecified atom stereocenters. The summed E-state index contributed by atoms with van der Waals surface area (Å²) in [6, 6.07) is 6.85. The summed E-state index contributed by atoms with van der Waals surface area (Å²) in [5.41, 5.74) is 2.13. The smallest absolute Gasteiger partial charge is 0.423 e. The monoisotopic (exact) mass is 261 g/mol. The molecule has 8 heteroatoms. The maximum absolute atomic E-state index is 10.5. The number of aromatic amines is 1. The molecule has 0 bridgehead atoms. The van der Waals surface area contributed by atoms with Crippen molar-refractivity contribution < 1.29 is 15.0 Å². The van der Waals surface area contributed by atoms with E-state index in [4.69, 9.17) is 10.0 Å². The lowest BCUT2D eigenvalue weighted by molar-refractivity contribution is -0.393. The molecular formula is C11H12BN3O4. The lowest BCUT2D eigenvalue weighted by Gasteiger charge is -2.02. The van der Waals surface area contributed by atoms with E-state index in [-0.39, 0.29) is 5.95 Å². The second-order valence-corrected chi connectivity index (χ2v) is 4.10. The first-order chi connectivity index (χ1) is 9.06. The van der Waals surface area contributed by atoms with Gasteiger partial charge in [0.15, 0.2) is 0 Å². The molecule has 19 heavy (non-hydrogen) atoms. The zero-order valence-electron chi connectivity index (χ0n) is 9.98. The molecule has 98 valence electrons. The first-order valence-corrected chi connectivity index (χ1v) is 5.69. The molecular weight excluding hydrogens is 249 g/mol. The van der Waals surface area contributed by atoms with Gasteiger partial charge >= 0.3 is 13.1 Å². The summed E-state index contributed by atoms with van der Waals surface area (Å²) in [5, 5.41) is 28.4. The van der Waals surface area contributed by atoms with Crippen LogP contribution >= 0.6 is 0 Å². The fourth-order valence-corrected chi connectivity index (χ4v) is 1.70. The standard InChI is InChI=1S/C11H12BN3O4/c16-12(17)9-4-1-8(2-5-9)3-6-10-7-13-11(14-10)15(18)19/h1-2,4-5,7,16-17H,3,6H2,(H,13,14). The number of imidazole rings is 1. The molecule has 0 aliphatic carbocycles. The highest BCUT2D eigenvalue weighted by atomic mass is 16.6. The largest absolute Gasteiger partial charge is 0.488 e. The van der Waals surface area contributed by atoms with Gasteiger partial charge in [0.25, 0.3) is 0 Å².